The van der Waals surface area contributed by atoms with Gasteiger partial charge in [-0.1, -0.05) is 51.3 Å². The average Bonchev–Trinajstić information content (AvgIpc) is 2.50. The van der Waals surface area contributed by atoms with Crippen molar-refractivity contribution >= 4 is 9.84 Å². The second-order valence-electron chi connectivity index (χ2n) is 6.80. The highest BCUT2D eigenvalue weighted by Gasteiger charge is 2.46. The fourth-order valence-electron chi connectivity index (χ4n) is 4.38. The summed E-state index contributed by atoms with van der Waals surface area (Å²) in [6.07, 6.45) is 5.78. The summed E-state index contributed by atoms with van der Waals surface area (Å²) < 4.78 is 25.7. The van der Waals surface area contributed by atoms with Crippen LogP contribution < -0.4 is 0 Å². The molecule has 20 heavy (non-hydrogen) atoms. The molecule has 1 aromatic carbocycles. The van der Waals surface area contributed by atoms with Crippen LogP contribution in [0.1, 0.15) is 57.4 Å². The highest BCUT2D eigenvalue weighted by atomic mass is 32.2. The Labute approximate surface area is 122 Å². The van der Waals surface area contributed by atoms with Crippen molar-refractivity contribution in [1.82, 2.24) is 0 Å². The topological polar surface area (TPSA) is 34.1 Å². The van der Waals surface area contributed by atoms with Crippen LogP contribution in [0.2, 0.25) is 0 Å². The summed E-state index contributed by atoms with van der Waals surface area (Å²) in [6, 6.07) is 7.63. The molecule has 1 saturated carbocycles. The van der Waals surface area contributed by atoms with Gasteiger partial charge in [-0.25, -0.2) is 8.42 Å². The van der Waals surface area contributed by atoms with Gasteiger partial charge in [0.15, 0.2) is 9.84 Å². The summed E-state index contributed by atoms with van der Waals surface area (Å²) in [5, 5.41) is 0. The molecule has 110 valence electrons. The molecule has 0 unspecified atom stereocenters. The minimum atomic E-state index is -3.15. The van der Waals surface area contributed by atoms with E-state index in [-0.39, 0.29) is 5.41 Å². The quantitative estimate of drug-likeness (QED) is 0.719. The summed E-state index contributed by atoms with van der Waals surface area (Å²) in [5.74, 6) is 1.10. The summed E-state index contributed by atoms with van der Waals surface area (Å²) in [5.41, 5.74) is 1.03. The molecule has 0 amide bonds. The van der Waals surface area contributed by atoms with Crippen molar-refractivity contribution in [2.24, 2.45) is 11.3 Å². The van der Waals surface area contributed by atoms with Crippen LogP contribution in [0.15, 0.2) is 29.2 Å². The van der Waals surface area contributed by atoms with Crippen LogP contribution in [0.3, 0.4) is 0 Å². The Kier molecular flexibility index (Phi) is 3.44. The lowest BCUT2D eigenvalue weighted by Crippen LogP contribution is -2.38. The number of rotatable bonds is 0. The Bertz CT molecular complexity index is 597. The van der Waals surface area contributed by atoms with Crippen LogP contribution in [0.4, 0.5) is 0 Å². The molecule has 1 aliphatic heterocycles. The highest BCUT2D eigenvalue weighted by Crippen LogP contribution is 2.52. The molecule has 2 nitrogen and oxygen atoms in total. The molecule has 0 aromatic heterocycles. The Morgan fingerprint density at radius 3 is 2.40 bits per heavy atom. The lowest BCUT2D eigenvalue weighted by molar-refractivity contribution is 0.119. The van der Waals surface area contributed by atoms with E-state index in [9.17, 15) is 8.42 Å². The summed E-state index contributed by atoms with van der Waals surface area (Å²) >= 11 is 0. The van der Waals surface area contributed by atoms with Gasteiger partial charge in [-0.15, -0.1) is 0 Å². The number of fused-ring (bicyclic) bond motifs is 1. The van der Waals surface area contributed by atoms with E-state index in [0.29, 0.717) is 22.5 Å². The maximum Gasteiger partial charge on any atom is 0.179 e. The first kappa shape index (κ1) is 14.1. The normalized spacial score (nSPS) is 31.5. The monoisotopic (exact) mass is 292 g/mol. The van der Waals surface area contributed by atoms with Crippen molar-refractivity contribution in [1.29, 1.82) is 0 Å². The van der Waals surface area contributed by atoms with E-state index in [2.05, 4.69) is 13.8 Å². The molecule has 1 aliphatic carbocycles. The first-order chi connectivity index (χ1) is 9.46. The number of benzene rings is 1. The highest BCUT2D eigenvalue weighted by molar-refractivity contribution is 7.91. The van der Waals surface area contributed by atoms with E-state index >= 15 is 0 Å². The lowest BCUT2D eigenvalue weighted by Gasteiger charge is -2.43. The third-order valence-electron chi connectivity index (χ3n) is 5.79. The third kappa shape index (κ3) is 2.11. The van der Waals surface area contributed by atoms with Gasteiger partial charge in [0.2, 0.25) is 0 Å². The first-order valence-electron chi connectivity index (χ1n) is 7.78. The van der Waals surface area contributed by atoms with Gasteiger partial charge in [-0.05, 0) is 41.7 Å². The minimum absolute atomic E-state index is 0.00444. The van der Waals surface area contributed by atoms with Crippen LogP contribution >= 0.6 is 0 Å². The maximum atomic E-state index is 12.9. The maximum absolute atomic E-state index is 12.9. The predicted molar refractivity (Wildman–Crippen MR) is 81.6 cm³/mol. The molecule has 2 aliphatic rings. The third-order valence-corrected chi connectivity index (χ3v) is 7.78. The molecule has 0 N–H and O–H groups in total. The fourth-order valence-corrected chi connectivity index (χ4v) is 6.75. The zero-order valence-corrected chi connectivity index (χ0v) is 13.2. The average molecular weight is 292 g/mol. The van der Waals surface area contributed by atoms with E-state index in [1.165, 1.54) is 19.3 Å². The Balaban J connectivity index is 2.15. The Morgan fingerprint density at radius 2 is 1.70 bits per heavy atom. The molecule has 1 aromatic rings. The van der Waals surface area contributed by atoms with Crippen molar-refractivity contribution in [3.05, 3.63) is 29.8 Å². The Morgan fingerprint density at radius 1 is 1.05 bits per heavy atom. The van der Waals surface area contributed by atoms with Gasteiger partial charge in [0.1, 0.15) is 0 Å². The molecule has 0 radical (unpaired) electrons. The molecular formula is C17H24O2S. The van der Waals surface area contributed by atoms with Crippen LogP contribution in [0.5, 0.6) is 0 Å². The summed E-state index contributed by atoms with van der Waals surface area (Å²) in [4.78, 5) is 0.585. The minimum Gasteiger partial charge on any atom is -0.224 e. The molecule has 1 heterocycles. The van der Waals surface area contributed by atoms with Crippen molar-refractivity contribution in [3.63, 3.8) is 0 Å². The van der Waals surface area contributed by atoms with Crippen LogP contribution in [-0.4, -0.2) is 14.2 Å². The van der Waals surface area contributed by atoms with Gasteiger partial charge < -0.3 is 0 Å². The lowest BCUT2D eigenvalue weighted by atomic mass is 9.63. The van der Waals surface area contributed by atoms with Crippen molar-refractivity contribution in [2.45, 2.75) is 56.8 Å². The van der Waals surface area contributed by atoms with Gasteiger partial charge in [0.25, 0.3) is 0 Å². The summed E-state index contributed by atoms with van der Waals surface area (Å²) in [6.45, 7) is 4.48. The Hall–Kier alpha value is -0.830. The molecule has 1 fully saturated rings. The van der Waals surface area contributed by atoms with Crippen LogP contribution in [-0.2, 0) is 9.84 Å². The summed E-state index contributed by atoms with van der Waals surface area (Å²) in [7, 11) is -3.15. The molecule has 3 heteroatoms. The van der Waals surface area contributed by atoms with Gasteiger partial charge >= 0.3 is 0 Å². The van der Waals surface area contributed by atoms with Gasteiger partial charge in [-0.2, -0.15) is 0 Å². The fraction of sp³-hybridized carbons (Fsp3) is 0.647. The SMILES string of the molecule is C[C@@H]1c2ccccc2S(=O)(=O)CC2(CCCCC2)[C@@H]1C. The van der Waals surface area contributed by atoms with E-state index in [1.807, 2.05) is 18.2 Å². The molecule has 0 saturated heterocycles. The zero-order chi connectivity index (χ0) is 14.4. The van der Waals surface area contributed by atoms with E-state index in [4.69, 9.17) is 0 Å². The van der Waals surface area contributed by atoms with Crippen molar-refractivity contribution < 1.29 is 8.42 Å². The largest absolute Gasteiger partial charge is 0.224 e. The molecule has 3 rings (SSSR count). The number of hydrogen-bond donors (Lipinski definition) is 0. The van der Waals surface area contributed by atoms with Gasteiger partial charge in [0.05, 0.1) is 10.6 Å². The smallest absolute Gasteiger partial charge is 0.179 e. The van der Waals surface area contributed by atoms with Crippen LogP contribution in [0, 0.1) is 11.3 Å². The molecular weight excluding hydrogens is 268 g/mol. The number of sulfone groups is 1. The van der Waals surface area contributed by atoms with E-state index in [1.54, 1.807) is 6.07 Å². The van der Waals surface area contributed by atoms with E-state index < -0.39 is 9.84 Å². The van der Waals surface area contributed by atoms with Crippen LogP contribution in [0.25, 0.3) is 0 Å². The molecule has 0 bridgehead atoms. The van der Waals surface area contributed by atoms with Gasteiger partial charge in [0, 0.05) is 0 Å². The van der Waals surface area contributed by atoms with E-state index in [0.717, 1.165) is 18.4 Å². The predicted octanol–water partition coefficient (Wildman–Crippen LogP) is 4.16. The second-order valence-corrected chi connectivity index (χ2v) is 8.76. The van der Waals surface area contributed by atoms with Crippen molar-refractivity contribution in [2.75, 3.05) is 5.75 Å². The first-order valence-corrected chi connectivity index (χ1v) is 9.43. The van der Waals surface area contributed by atoms with Crippen molar-refractivity contribution in [3.8, 4) is 0 Å². The molecule has 1 spiro atoms. The standard InChI is InChI=1S/C17H24O2S/c1-13-14(2)17(10-6-3-7-11-17)12-20(18,19)16-9-5-4-8-15(13)16/h4-5,8-9,13-14H,3,6-7,10-12H2,1-2H3/t13-,14+/m0/s1. The van der Waals surface area contributed by atoms with Gasteiger partial charge in [-0.3, -0.25) is 0 Å². The second kappa shape index (κ2) is 4.87. The zero-order valence-electron chi connectivity index (χ0n) is 12.4. The molecule has 2 atom stereocenters. The number of hydrogen-bond acceptors (Lipinski definition) is 2.